The van der Waals surface area contributed by atoms with Gasteiger partial charge in [-0.3, -0.25) is 4.79 Å². The number of thiophene rings is 1. The Bertz CT molecular complexity index is 779. The highest BCUT2D eigenvalue weighted by Crippen LogP contribution is 2.34. The lowest BCUT2D eigenvalue weighted by molar-refractivity contribution is 0.0717. The topological polar surface area (TPSA) is 72.1 Å². The van der Waals surface area contributed by atoms with E-state index >= 15 is 0 Å². The number of rotatable bonds is 2. The zero-order valence-corrected chi connectivity index (χ0v) is 15.4. The molecule has 2 aromatic heterocycles. The summed E-state index contributed by atoms with van der Waals surface area (Å²) in [5, 5.41) is 0. The van der Waals surface area contributed by atoms with Gasteiger partial charge in [0.15, 0.2) is 0 Å². The maximum atomic E-state index is 12.9. The van der Waals surface area contributed by atoms with E-state index in [4.69, 9.17) is 5.73 Å². The molecule has 132 valence electrons. The van der Waals surface area contributed by atoms with E-state index in [1.54, 1.807) is 17.5 Å². The lowest BCUT2D eigenvalue weighted by Gasteiger charge is -2.31. The molecule has 0 radical (unpaired) electrons. The van der Waals surface area contributed by atoms with E-state index in [0.717, 1.165) is 55.3 Å². The largest absolute Gasteiger partial charge is 0.368 e. The number of anilines is 1. The van der Waals surface area contributed by atoms with Crippen LogP contribution in [0.1, 0.15) is 57.9 Å². The number of aromatic nitrogens is 2. The molecule has 3 heterocycles. The Labute approximate surface area is 152 Å². The normalized spacial score (nSPS) is 21.2. The smallest absolute Gasteiger partial charge is 0.263 e. The number of nitrogens with zero attached hydrogens (tertiary/aromatic N) is 3. The molecule has 1 aliphatic heterocycles. The minimum Gasteiger partial charge on any atom is -0.368 e. The first-order chi connectivity index (χ1) is 12.1. The van der Waals surface area contributed by atoms with Crippen molar-refractivity contribution in [2.24, 2.45) is 5.92 Å². The Morgan fingerprint density at radius 1 is 1.32 bits per heavy atom. The summed E-state index contributed by atoms with van der Waals surface area (Å²) in [5.41, 5.74) is 8.09. The number of hydrogen-bond donors (Lipinski definition) is 1. The Kier molecular flexibility index (Phi) is 4.46. The fraction of sp³-hybridized carbons (Fsp3) is 0.526. The Morgan fingerprint density at radius 3 is 2.88 bits per heavy atom. The molecule has 1 atom stereocenters. The van der Waals surface area contributed by atoms with E-state index in [1.807, 2.05) is 11.0 Å². The number of fused-ring (bicyclic) bond motifs is 1. The molecule has 1 amide bonds. The van der Waals surface area contributed by atoms with Crippen molar-refractivity contribution in [2.75, 3.05) is 18.8 Å². The van der Waals surface area contributed by atoms with Crippen LogP contribution >= 0.6 is 11.3 Å². The number of carbonyl (C=O) groups excluding carboxylic acids is 1. The fourth-order valence-corrected chi connectivity index (χ4v) is 5.14. The molecule has 0 aromatic carbocycles. The number of aryl methyl sites for hydroxylation is 1. The van der Waals surface area contributed by atoms with Crippen LogP contribution in [0, 0.1) is 5.92 Å². The maximum Gasteiger partial charge on any atom is 0.263 e. The summed E-state index contributed by atoms with van der Waals surface area (Å²) in [6, 6.07) is 4.09. The summed E-state index contributed by atoms with van der Waals surface area (Å²) in [7, 11) is 0. The lowest BCUT2D eigenvalue weighted by Crippen LogP contribution is -2.37. The Balaban J connectivity index is 1.41. The molecule has 2 aromatic rings. The van der Waals surface area contributed by atoms with Crippen LogP contribution in [0.15, 0.2) is 18.3 Å². The van der Waals surface area contributed by atoms with Crippen molar-refractivity contribution >= 4 is 23.2 Å². The van der Waals surface area contributed by atoms with Gasteiger partial charge in [-0.15, -0.1) is 11.3 Å². The lowest BCUT2D eigenvalue weighted by atomic mass is 9.90. The van der Waals surface area contributed by atoms with Gasteiger partial charge in [0, 0.05) is 35.8 Å². The number of nitrogens with two attached hydrogens (primary N) is 1. The molecular formula is C19H24N4OS. The first kappa shape index (κ1) is 16.5. The van der Waals surface area contributed by atoms with E-state index in [2.05, 4.69) is 23.0 Å². The molecule has 4 rings (SSSR count). The molecule has 5 nitrogen and oxygen atoms in total. The predicted molar refractivity (Wildman–Crippen MR) is 99.8 cm³/mol. The molecule has 1 unspecified atom stereocenters. The molecule has 25 heavy (non-hydrogen) atoms. The van der Waals surface area contributed by atoms with Crippen molar-refractivity contribution in [3.05, 3.63) is 39.3 Å². The quantitative estimate of drug-likeness (QED) is 0.896. The second-order valence-electron chi connectivity index (χ2n) is 7.31. The first-order valence-corrected chi connectivity index (χ1v) is 9.91. The van der Waals surface area contributed by atoms with Crippen LogP contribution in [0.2, 0.25) is 0 Å². The molecule has 1 aliphatic carbocycles. The molecule has 1 fully saturated rings. The fourth-order valence-electron chi connectivity index (χ4n) is 3.96. The van der Waals surface area contributed by atoms with Gasteiger partial charge >= 0.3 is 0 Å². The van der Waals surface area contributed by atoms with Gasteiger partial charge in [-0.25, -0.2) is 9.97 Å². The van der Waals surface area contributed by atoms with Crippen molar-refractivity contribution in [1.29, 1.82) is 0 Å². The van der Waals surface area contributed by atoms with Gasteiger partial charge in [0.05, 0.1) is 4.88 Å². The predicted octanol–water partition coefficient (Wildman–Crippen LogP) is 3.26. The van der Waals surface area contributed by atoms with Crippen molar-refractivity contribution < 1.29 is 4.79 Å². The molecule has 6 heteroatoms. The highest BCUT2D eigenvalue weighted by molar-refractivity contribution is 7.14. The molecule has 1 saturated heterocycles. The summed E-state index contributed by atoms with van der Waals surface area (Å²) in [6.07, 6.45) is 7.08. The first-order valence-electron chi connectivity index (χ1n) is 9.09. The molecule has 0 saturated carbocycles. The highest BCUT2D eigenvalue weighted by atomic mass is 32.1. The van der Waals surface area contributed by atoms with Crippen LogP contribution in [-0.2, 0) is 12.8 Å². The van der Waals surface area contributed by atoms with Crippen molar-refractivity contribution in [3.8, 4) is 0 Å². The second kappa shape index (κ2) is 6.75. The van der Waals surface area contributed by atoms with Gasteiger partial charge in [-0.05, 0) is 55.7 Å². The SMILES string of the molecule is CC1CCc2sc(C(=O)N3CCC(c4ccnc(N)n4)CC3)cc2C1. The number of likely N-dealkylation sites (tertiary alicyclic amines) is 1. The van der Waals surface area contributed by atoms with Crippen molar-refractivity contribution in [2.45, 2.75) is 44.9 Å². The summed E-state index contributed by atoms with van der Waals surface area (Å²) >= 11 is 1.71. The number of hydrogen-bond acceptors (Lipinski definition) is 5. The van der Waals surface area contributed by atoms with E-state index in [-0.39, 0.29) is 5.91 Å². The molecule has 2 N–H and O–H groups in total. The van der Waals surface area contributed by atoms with E-state index in [1.165, 1.54) is 16.9 Å². The third-order valence-electron chi connectivity index (χ3n) is 5.44. The van der Waals surface area contributed by atoms with Gasteiger partial charge in [0.2, 0.25) is 5.95 Å². The molecular weight excluding hydrogens is 332 g/mol. The summed E-state index contributed by atoms with van der Waals surface area (Å²) in [5.74, 6) is 1.63. The Hall–Kier alpha value is -1.95. The van der Waals surface area contributed by atoms with Crippen molar-refractivity contribution in [1.82, 2.24) is 14.9 Å². The standard InChI is InChI=1S/C19H24N4OS/c1-12-2-3-16-14(10-12)11-17(25-16)18(24)23-8-5-13(6-9-23)15-4-7-21-19(20)22-15/h4,7,11-13H,2-3,5-6,8-10H2,1H3,(H2,20,21,22). The number of carbonyl (C=O) groups is 1. The summed E-state index contributed by atoms with van der Waals surface area (Å²) in [6.45, 7) is 3.87. The monoisotopic (exact) mass is 356 g/mol. The van der Waals surface area contributed by atoms with E-state index in [0.29, 0.717) is 11.9 Å². The van der Waals surface area contributed by atoms with Crippen LogP contribution < -0.4 is 5.73 Å². The van der Waals surface area contributed by atoms with Gasteiger partial charge in [-0.1, -0.05) is 6.92 Å². The van der Waals surface area contributed by atoms with Gasteiger partial charge in [-0.2, -0.15) is 0 Å². The summed E-state index contributed by atoms with van der Waals surface area (Å²) < 4.78 is 0. The van der Waals surface area contributed by atoms with E-state index < -0.39 is 0 Å². The van der Waals surface area contributed by atoms with Crippen LogP contribution in [0.4, 0.5) is 5.95 Å². The Morgan fingerprint density at radius 2 is 2.12 bits per heavy atom. The minimum atomic E-state index is 0.202. The second-order valence-corrected chi connectivity index (χ2v) is 8.45. The number of amides is 1. The molecule has 2 aliphatic rings. The van der Waals surface area contributed by atoms with Gasteiger partial charge in [0.25, 0.3) is 5.91 Å². The van der Waals surface area contributed by atoms with Crippen LogP contribution in [0.3, 0.4) is 0 Å². The zero-order valence-electron chi connectivity index (χ0n) is 14.6. The van der Waals surface area contributed by atoms with Gasteiger partial charge < -0.3 is 10.6 Å². The molecule has 0 spiro atoms. The highest BCUT2D eigenvalue weighted by Gasteiger charge is 2.28. The van der Waals surface area contributed by atoms with Crippen LogP contribution in [0.25, 0.3) is 0 Å². The number of piperidine rings is 1. The minimum absolute atomic E-state index is 0.202. The maximum absolute atomic E-state index is 12.9. The third kappa shape index (κ3) is 3.40. The van der Waals surface area contributed by atoms with Gasteiger partial charge in [0.1, 0.15) is 0 Å². The molecule has 0 bridgehead atoms. The van der Waals surface area contributed by atoms with Crippen LogP contribution in [0.5, 0.6) is 0 Å². The third-order valence-corrected chi connectivity index (χ3v) is 6.66. The average Bonchev–Trinajstić information content (AvgIpc) is 3.04. The van der Waals surface area contributed by atoms with Crippen molar-refractivity contribution in [3.63, 3.8) is 0 Å². The zero-order chi connectivity index (χ0) is 17.4. The summed E-state index contributed by atoms with van der Waals surface area (Å²) in [4.78, 5) is 25.5. The van der Waals surface area contributed by atoms with Crippen LogP contribution in [-0.4, -0.2) is 33.9 Å². The number of nitrogen functional groups attached to an aromatic ring is 1. The van der Waals surface area contributed by atoms with E-state index in [9.17, 15) is 4.79 Å². The average molecular weight is 356 g/mol.